The summed E-state index contributed by atoms with van der Waals surface area (Å²) in [5.74, 6) is -0.318. The molecule has 3 rings (SSSR count). The largest absolute Gasteiger partial charge is 0.465 e. The monoisotopic (exact) mass is 305 g/mol. The number of carbonyl (C=O) groups is 1. The Balaban J connectivity index is 1.95. The van der Waals surface area contributed by atoms with Crippen molar-refractivity contribution in [2.75, 3.05) is 7.11 Å². The molecule has 3 aromatic heterocycles. The average molecular weight is 305 g/mol. The van der Waals surface area contributed by atoms with Crippen LogP contribution in [0.2, 0.25) is 0 Å². The molecule has 0 aliphatic rings. The fraction of sp³-hybridized carbons (Fsp3) is 0.143. The summed E-state index contributed by atoms with van der Waals surface area (Å²) in [5.41, 5.74) is 0.975. The van der Waals surface area contributed by atoms with Gasteiger partial charge in [0.15, 0.2) is 5.43 Å². The van der Waals surface area contributed by atoms with E-state index >= 15 is 0 Å². The Morgan fingerprint density at radius 2 is 2.15 bits per heavy atom. The van der Waals surface area contributed by atoms with Crippen LogP contribution in [0.5, 0.6) is 0 Å². The van der Waals surface area contributed by atoms with Crippen molar-refractivity contribution in [1.82, 2.24) is 4.57 Å². The van der Waals surface area contributed by atoms with E-state index in [4.69, 9.17) is 4.74 Å². The molecule has 0 amide bonds. The minimum atomic E-state index is -0.318. The number of esters is 1. The van der Waals surface area contributed by atoms with E-state index in [1.54, 1.807) is 18.3 Å². The summed E-state index contributed by atoms with van der Waals surface area (Å²) in [6, 6.07) is 7.19. The first-order chi connectivity index (χ1) is 9.69. The summed E-state index contributed by atoms with van der Waals surface area (Å²) in [5, 5.41) is 1.91. The molecule has 0 aliphatic heterocycles. The minimum absolute atomic E-state index is 0.0488. The lowest BCUT2D eigenvalue weighted by Crippen LogP contribution is -2.06. The number of fused-ring (bicyclic) bond motifs is 1. The zero-order valence-electron chi connectivity index (χ0n) is 10.7. The third-order valence-corrected chi connectivity index (χ3v) is 4.93. The predicted molar refractivity (Wildman–Crippen MR) is 80.8 cm³/mol. The first-order valence-electron chi connectivity index (χ1n) is 5.92. The summed E-state index contributed by atoms with van der Waals surface area (Å²) in [4.78, 5) is 24.8. The summed E-state index contributed by atoms with van der Waals surface area (Å²) in [7, 11) is 1.37. The Labute approximate surface area is 122 Å². The van der Waals surface area contributed by atoms with Gasteiger partial charge in [0.25, 0.3) is 0 Å². The van der Waals surface area contributed by atoms with Crippen molar-refractivity contribution in [3.8, 4) is 0 Å². The lowest BCUT2D eigenvalue weighted by Gasteiger charge is -2.06. The summed E-state index contributed by atoms with van der Waals surface area (Å²) in [6.45, 7) is 0.634. The van der Waals surface area contributed by atoms with Gasteiger partial charge in [-0.05, 0) is 23.6 Å². The van der Waals surface area contributed by atoms with E-state index in [0.29, 0.717) is 11.4 Å². The van der Waals surface area contributed by atoms with Crippen LogP contribution in [-0.4, -0.2) is 17.6 Å². The molecular weight excluding hydrogens is 294 g/mol. The highest BCUT2D eigenvalue weighted by Gasteiger charge is 2.10. The molecule has 4 nitrogen and oxygen atoms in total. The fourth-order valence-electron chi connectivity index (χ4n) is 2.01. The van der Waals surface area contributed by atoms with Crippen molar-refractivity contribution in [3.05, 3.63) is 55.8 Å². The van der Waals surface area contributed by atoms with Crippen LogP contribution in [0.4, 0.5) is 0 Å². The Morgan fingerprint density at radius 3 is 2.95 bits per heavy atom. The standard InChI is InChI=1S/C14H11NO3S2/c1-18-14(17)12-3-2-9(20-12)8-15-6-4-11(16)13-10(15)5-7-19-13/h2-7H,8H2,1H3. The molecule has 6 heteroatoms. The van der Waals surface area contributed by atoms with Crippen LogP contribution in [0.15, 0.2) is 40.6 Å². The van der Waals surface area contributed by atoms with Gasteiger partial charge in [0, 0.05) is 17.1 Å². The summed E-state index contributed by atoms with van der Waals surface area (Å²) < 4.78 is 7.47. The van der Waals surface area contributed by atoms with Gasteiger partial charge in [0.2, 0.25) is 0 Å². The highest BCUT2D eigenvalue weighted by molar-refractivity contribution is 7.17. The quantitative estimate of drug-likeness (QED) is 0.699. The first kappa shape index (κ1) is 13.1. The zero-order valence-corrected chi connectivity index (χ0v) is 12.3. The van der Waals surface area contributed by atoms with Gasteiger partial charge in [-0.25, -0.2) is 4.79 Å². The second-order valence-electron chi connectivity index (χ2n) is 4.20. The van der Waals surface area contributed by atoms with Gasteiger partial charge >= 0.3 is 5.97 Å². The number of ether oxygens (including phenoxy) is 1. The number of hydrogen-bond donors (Lipinski definition) is 0. The van der Waals surface area contributed by atoms with Gasteiger partial charge in [-0.1, -0.05) is 0 Å². The second kappa shape index (κ2) is 5.22. The van der Waals surface area contributed by atoms with Gasteiger partial charge in [-0.2, -0.15) is 0 Å². The molecular formula is C14H11NO3S2. The molecule has 0 fully saturated rings. The van der Waals surface area contributed by atoms with Crippen LogP contribution in [0.1, 0.15) is 14.5 Å². The maximum Gasteiger partial charge on any atom is 0.348 e. The number of methoxy groups -OCH3 is 1. The number of thiophene rings is 2. The number of nitrogens with zero attached hydrogens (tertiary/aromatic N) is 1. The van der Waals surface area contributed by atoms with Crippen molar-refractivity contribution in [2.24, 2.45) is 0 Å². The molecule has 0 unspecified atom stereocenters. The van der Waals surface area contributed by atoms with E-state index in [-0.39, 0.29) is 11.4 Å². The van der Waals surface area contributed by atoms with E-state index in [1.807, 2.05) is 22.1 Å². The molecule has 0 aromatic carbocycles. The molecule has 0 saturated heterocycles. The van der Waals surface area contributed by atoms with E-state index in [0.717, 1.165) is 15.1 Å². The molecule has 3 heterocycles. The lowest BCUT2D eigenvalue weighted by molar-refractivity contribution is 0.0606. The normalized spacial score (nSPS) is 10.8. The van der Waals surface area contributed by atoms with Crippen molar-refractivity contribution >= 4 is 38.9 Å². The molecule has 3 aromatic rings. The molecule has 0 atom stereocenters. The maximum atomic E-state index is 11.7. The van der Waals surface area contributed by atoms with E-state index < -0.39 is 0 Å². The fourth-order valence-corrected chi connectivity index (χ4v) is 3.75. The Hall–Kier alpha value is -1.92. The van der Waals surface area contributed by atoms with Crippen molar-refractivity contribution in [1.29, 1.82) is 0 Å². The van der Waals surface area contributed by atoms with Crippen LogP contribution in [0.25, 0.3) is 10.2 Å². The van der Waals surface area contributed by atoms with Crippen LogP contribution in [0.3, 0.4) is 0 Å². The number of pyridine rings is 1. The van der Waals surface area contributed by atoms with E-state index in [9.17, 15) is 9.59 Å². The van der Waals surface area contributed by atoms with Gasteiger partial charge < -0.3 is 9.30 Å². The molecule has 0 spiro atoms. The van der Waals surface area contributed by atoms with Gasteiger partial charge in [0.1, 0.15) is 4.88 Å². The number of carbonyl (C=O) groups excluding carboxylic acids is 1. The molecule has 0 bridgehead atoms. The maximum absolute atomic E-state index is 11.7. The SMILES string of the molecule is COC(=O)c1ccc(Cn2ccc(=O)c3sccc32)s1. The summed E-state index contributed by atoms with van der Waals surface area (Å²) in [6.07, 6.45) is 1.79. The highest BCUT2D eigenvalue weighted by atomic mass is 32.1. The summed E-state index contributed by atoms with van der Waals surface area (Å²) >= 11 is 2.85. The topological polar surface area (TPSA) is 48.3 Å². The van der Waals surface area contributed by atoms with Crippen molar-refractivity contribution in [2.45, 2.75) is 6.54 Å². The van der Waals surface area contributed by atoms with Crippen LogP contribution in [0, 0.1) is 0 Å². The molecule has 0 radical (unpaired) electrons. The van der Waals surface area contributed by atoms with Crippen molar-refractivity contribution < 1.29 is 9.53 Å². The third kappa shape index (κ3) is 2.28. The Kier molecular flexibility index (Phi) is 3.42. The Morgan fingerprint density at radius 1 is 1.30 bits per heavy atom. The lowest BCUT2D eigenvalue weighted by atomic mass is 10.3. The zero-order chi connectivity index (χ0) is 14.1. The van der Waals surface area contributed by atoms with Crippen molar-refractivity contribution in [3.63, 3.8) is 0 Å². The van der Waals surface area contributed by atoms with Gasteiger partial charge in [0.05, 0.1) is 23.9 Å². The third-order valence-electron chi connectivity index (χ3n) is 2.96. The smallest absolute Gasteiger partial charge is 0.348 e. The molecule has 20 heavy (non-hydrogen) atoms. The number of aromatic nitrogens is 1. The number of hydrogen-bond acceptors (Lipinski definition) is 5. The van der Waals surface area contributed by atoms with Crippen LogP contribution < -0.4 is 5.43 Å². The molecule has 102 valence electrons. The van der Waals surface area contributed by atoms with E-state index in [2.05, 4.69) is 0 Å². The number of rotatable bonds is 3. The highest BCUT2D eigenvalue weighted by Crippen LogP contribution is 2.22. The first-order valence-corrected chi connectivity index (χ1v) is 7.62. The molecule has 0 saturated carbocycles. The van der Waals surface area contributed by atoms with E-state index in [1.165, 1.54) is 29.8 Å². The predicted octanol–water partition coefficient (Wildman–Crippen LogP) is 2.96. The van der Waals surface area contributed by atoms with Gasteiger partial charge in [-0.15, -0.1) is 22.7 Å². The molecule has 0 N–H and O–H groups in total. The van der Waals surface area contributed by atoms with Crippen LogP contribution in [-0.2, 0) is 11.3 Å². The van der Waals surface area contributed by atoms with Gasteiger partial charge in [-0.3, -0.25) is 4.79 Å². The van der Waals surface area contributed by atoms with Crippen LogP contribution >= 0.6 is 22.7 Å². The minimum Gasteiger partial charge on any atom is -0.465 e. The average Bonchev–Trinajstić information content (AvgIpc) is 3.10. The molecule has 0 aliphatic carbocycles. The second-order valence-corrected chi connectivity index (χ2v) is 6.28. The Bertz CT molecular complexity index is 828.